The standard InChI is InChI=1S/C20H27N7O.HI/c1-3-5-13-28-19-16(9-8-11-22-19)14-23-20(21-4-2)24-15-18-26-25-17-10-6-7-12-27(17)18;/h6-12H,3-5,13-15H2,1-2H3,(H2,21,23,24);1H. The number of halogens is 1. The van der Waals surface area contributed by atoms with Crippen LogP contribution in [0.1, 0.15) is 38.1 Å². The topological polar surface area (TPSA) is 88.7 Å². The summed E-state index contributed by atoms with van der Waals surface area (Å²) >= 11 is 0. The first-order valence-electron chi connectivity index (χ1n) is 9.69. The third-order valence-corrected chi connectivity index (χ3v) is 4.14. The van der Waals surface area contributed by atoms with Gasteiger partial charge in [-0.2, -0.15) is 0 Å². The molecule has 0 atom stereocenters. The van der Waals surface area contributed by atoms with Crippen molar-refractivity contribution < 1.29 is 4.74 Å². The number of aliphatic imine (C=N–C) groups is 1. The second kappa shape index (κ2) is 12.2. The Balaban J connectivity index is 0.00000300. The molecule has 8 nitrogen and oxygen atoms in total. The van der Waals surface area contributed by atoms with Crippen LogP contribution in [0, 0.1) is 0 Å². The number of nitrogens with zero attached hydrogens (tertiary/aromatic N) is 5. The lowest BCUT2D eigenvalue weighted by atomic mass is 10.2. The van der Waals surface area contributed by atoms with Crippen LogP contribution >= 0.6 is 24.0 Å². The van der Waals surface area contributed by atoms with Gasteiger partial charge in [0.05, 0.1) is 19.7 Å². The molecule has 9 heteroatoms. The first-order chi connectivity index (χ1) is 13.8. The number of hydrogen-bond acceptors (Lipinski definition) is 5. The zero-order chi connectivity index (χ0) is 19.6. The number of rotatable bonds is 9. The molecule has 156 valence electrons. The van der Waals surface area contributed by atoms with Gasteiger partial charge < -0.3 is 15.4 Å². The highest BCUT2D eigenvalue weighted by atomic mass is 127. The van der Waals surface area contributed by atoms with Crippen molar-refractivity contribution in [1.82, 2.24) is 30.2 Å². The van der Waals surface area contributed by atoms with Crippen LogP contribution in [-0.2, 0) is 13.1 Å². The molecule has 0 aliphatic rings. The maximum absolute atomic E-state index is 5.79. The zero-order valence-electron chi connectivity index (χ0n) is 16.8. The van der Waals surface area contributed by atoms with Crippen LogP contribution in [0.5, 0.6) is 5.88 Å². The lowest BCUT2D eigenvalue weighted by Gasteiger charge is -2.12. The minimum Gasteiger partial charge on any atom is -0.477 e. The van der Waals surface area contributed by atoms with Crippen molar-refractivity contribution in [2.24, 2.45) is 4.99 Å². The van der Waals surface area contributed by atoms with Crippen molar-refractivity contribution >= 4 is 35.6 Å². The average Bonchev–Trinajstić information content (AvgIpc) is 3.14. The van der Waals surface area contributed by atoms with Crippen LogP contribution in [0.2, 0.25) is 0 Å². The maximum atomic E-state index is 5.79. The van der Waals surface area contributed by atoms with E-state index in [2.05, 4.69) is 37.7 Å². The highest BCUT2D eigenvalue weighted by molar-refractivity contribution is 14.0. The molecule has 0 fully saturated rings. The largest absolute Gasteiger partial charge is 0.477 e. The van der Waals surface area contributed by atoms with Gasteiger partial charge in [0.2, 0.25) is 5.88 Å². The summed E-state index contributed by atoms with van der Waals surface area (Å²) in [4.78, 5) is 9.01. The molecule has 0 aliphatic heterocycles. The third kappa shape index (κ3) is 6.55. The van der Waals surface area contributed by atoms with E-state index in [9.17, 15) is 0 Å². The van der Waals surface area contributed by atoms with E-state index in [1.54, 1.807) is 6.20 Å². The van der Waals surface area contributed by atoms with Gasteiger partial charge in [0.25, 0.3) is 0 Å². The molecule has 0 amide bonds. The summed E-state index contributed by atoms with van der Waals surface area (Å²) in [6.07, 6.45) is 5.79. The van der Waals surface area contributed by atoms with E-state index in [1.807, 2.05) is 47.9 Å². The molecule has 3 aromatic rings. The Labute approximate surface area is 188 Å². The lowest BCUT2D eigenvalue weighted by molar-refractivity contribution is 0.294. The van der Waals surface area contributed by atoms with E-state index in [-0.39, 0.29) is 24.0 Å². The summed E-state index contributed by atoms with van der Waals surface area (Å²) in [5.41, 5.74) is 1.79. The average molecular weight is 509 g/mol. The highest BCUT2D eigenvalue weighted by Crippen LogP contribution is 2.15. The molecule has 3 heterocycles. The fourth-order valence-electron chi connectivity index (χ4n) is 2.67. The Morgan fingerprint density at radius 2 is 2.03 bits per heavy atom. The fourth-order valence-corrected chi connectivity index (χ4v) is 2.67. The first kappa shape index (κ1) is 22.9. The number of nitrogens with one attached hydrogen (secondary N) is 2. The van der Waals surface area contributed by atoms with E-state index in [1.165, 1.54) is 0 Å². The smallest absolute Gasteiger partial charge is 0.218 e. The van der Waals surface area contributed by atoms with E-state index >= 15 is 0 Å². The van der Waals surface area contributed by atoms with Crippen LogP contribution < -0.4 is 15.4 Å². The van der Waals surface area contributed by atoms with Gasteiger partial charge in [0, 0.05) is 24.5 Å². The summed E-state index contributed by atoms with van der Waals surface area (Å²) in [5, 5.41) is 15.0. The molecular weight excluding hydrogens is 481 g/mol. The van der Waals surface area contributed by atoms with Crippen LogP contribution in [0.4, 0.5) is 0 Å². The number of unbranched alkanes of at least 4 members (excludes halogenated alkanes) is 1. The minimum atomic E-state index is 0. The lowest BCUT2D eigenvalue weighted by Crippen LogP contribution is -2.37. The minimum absolute atomic E-state index is 0. The van der Waals surface area contributed by atoms with Crippen molar-refractivity contribution in [2.45, 2.75) is 39.8 Å². The number of fused-ring (bicyclic) bond motifs is 1. The van der Waals surface area contributed by atoms with E-state index in [0.29, 0.717) is 31.5 Å². The van der Waals surface area contributed by atoms with Gasteiger partial charge >= 0.3 is 0 Å². The number of aromatic nitrogens is 4. The molecule has 0 saturated heterocycles. The third-order valence-electron chi connectivity index (χ3n) is 4.14. The second-order valence-electron chi connectivity index (χ2n) is 6.26. The van der Waals surface area contributed by atoms with Crippen molar-refractivity contribution in [2.75, 3.05) is 13.2 Å². The number of pyridine rings is 2. The second-order valence-corrected chi connectivity index (χ2v) is 6.26. The number of guanidine groups is 1. The van der Waals surface area contributed by atoms with E-state index < -0.39 is 0 Å². The van der Waals surface area contributed by atoms with Crippen LogP contribution in [-0.4, -0.2) is 38.7 Å². The van der Waals surface area contributed by atoms with Gasteiger partial charge in [-0.15, -0.1) is 34.2 Å². The highest BCUT2D eigenvalue weighted by Gasteiger charge is 2.07. The summed E-state index contributed by atoms with van der Waals surface area (Å²) in [6, 6.07) is 9.73. The molecule has 2 N–H and O–H groups in total. The normalized spacial score (nSPS) is 11.2. The molecule has 0 radical (unpaired) electrons. The molecule has 0 saturated carbocycles. The summed E-state index contributed by atoms with van der Waals surface area (Å²) < 4.78 is 7.75. The zero-order valence-corrected chi connectivity index (χ0v) is 19.2. The monoisotopic (exact) mass is 509 g/mol. The van der Waals surface area contributed by atoms with Gasteiger partial charge in [-0.1, -0.05) is 25.5 Å². The molecule has 0 aromatic carbocycles. The predicted octanol–water partition coefficient (Wildman–Crippen LogP) is 3.18. The number of hydrogen-bond donors (Lipinski definition) is 2. The summed E-state index contributed by atoms with van der Waals surface area (Å²) in [5.74, 6) is 2.18. The molecule has 3 aromatic heterocycles. The Kier molecular flexibility index (Phi) is 9.62. The Bertz CT molecular complexity index is 912. The maximum Gasteiger partial charge on any atom is 0.218 e. The quantitative estimate of drug-likeness (QED) is 0.200. The summed E-state index contributed by atoms with van der Waals surface area (Å²) in [6.45, 7) is 6.60. The van der Waals surface area contributed by atoms with Gasteiger partial charge in [0.15, 0.2) is 17.4 Å². The summed E-state index contributed by atoms with van der Waals surface area (Å²) in [7, 11) is 0. The van der Waals surface area contributed by atoms with Crippen molar-refractivity contribution in [3.8, 4) is 5.88 Å². The van der Waals surface area contributed by atoms with Crippen molar-refractivity contribution in [3.05, 3.63) is 54.1 Å². The van der Waals surface area contributed by atoms with Crippen molar-refractivity contribution in [1.29, 1.82) is 0 Å². The van der Waals surface area contributed by atoms with Crippen LogP contribution in [0.3, 0.4) is 0 Å². The molecule has 0 spiro atoms. The van der Waals surface area contributed by atoms with Gasteiger partial charge in [-0.3, -0.25) is 4.40 Å². The van der Waals surface area contributed by atoms with Crippen LogP contribution in [0.15, 0.2) is 47.7 Å². The van der Waals surface area contributed by atoms with Gasteiger partial charge in [-0.25, -0.2) is 9.98 Å². The SMILES string of the molecule is CCCCOc1ncccc1CN=C(NCC)NCc1nnc2ccccn12.I. The Hall–Kier alpha value is -2.43. The fraction of sp³-hybridized carbons (Fsp3) is 0.400. The molecule has 3 rings (SSSR count). The molecular formula is C20H28IN7O. The van der Waals surface area contributed by atoms with Crippen molar-refractivity contribution in [3.63, 3.8) is 0 Å². The van der Waals surface area contributed by atoms with E-state index in [0.717, 1.165) is 36.4 Å². The Morgan fingerprint density at radius 1 is 1.14 bits per heavy atom. The molecule has 29 heavy (non-hydrogen) atoms. The molecule has 0 bridgehead atoms. The first-order valence-corrected chi connectivity index (χ1v) is 9.69. The molecule has 0 aliphatic carbocycles. The van der Waals surface area contributed by atoms with Gasteiger partial charge in [-0.05, 0) is 31.5 Å². The van der Waals surface area contributed by atoms with Crippen LogP contribution in [0.25, 0.3) is 5.65 Å². The predicted molar refractivity (Wildman–Crippen MR) is 125 cm³/mol. The molecule has 0 unspecified atom stereocenters. The van der Waals surface area contributed by atoms with E-state index in [4.69, 9.17) is 4.74 Å². The van der Waals surface area contributed by atoms with Gasteiger partial charge in [0.1, 0.15) is 0 Å². The number of ether oxygens (including phenoxy) is 1. The Morgan fingerprint density at radius 3 is 2.86 bits per heavy atom.